The third-order valence-electron chi connectivity index (χ3n) is 7.04. The van der Waals surface area contributed by atoms with Crippen molar-refractivity contribution < 1.29 is 0 Å². The SMILES string of the molecule is C=c1/c(=C(\C)c2c(C)cc(C)c(C)c2C)c2c(C)c(C)c(C)c(C)c2n1C.CC. The summed E-state index contributed by atoms with van der Waals surface area (Å²) in [5.74, 6) is 0. The molecular weight excluding hydrogens is 350 g/mol. The van der Waals surface area contributed by atoms with Crippen LogP contribution >= 0.6 is 0 Å². The Bertz CT molecular complexity index is 1220. The number of aryl methyl sites for hydroxylation is 5. The fourth-order valence-corrected chi connectivity index (χ4v) is 4.85. The standard InChI is InChI=1S/C26H33N.C2H6/c1-13-12-14(2)23(18(6)15(13)3)21(9)24-22(10)27(11)26-20(8)17(5)16(4)19(7)25(24)26;1-2/h12H,10H2,1-9,11H3;1-2H3/b24-21-;. The van der Waals surface area contributed by atoms with Crippen molar-refractivity contribution in [1.29, 1.82) is 0 Å². The second-order valence-corrected chi connectivity index (χ2v) is 8.36. The number of hydrogen-bond acceptors (Lipinski definition) is 0. The van der Waals surface area contributed by atoms with Crippen molar-refractivity contribution in [3.63, 3.8) is 0 Å². The lowest BCUT2D eigenvalue weighted by Crippen LogP contribution is -2.28. The van der Waals surface area contributed by atoms with Gasteiger partial charge in [0.15, 0.2) is 0 Å². The average molecular weight is 390 g/mol. The van der Waals surface area contributed by atoms with Gasteiger partial charge in [0.2, 0.25) is 0 Å². The maximum atomic E-state index is 4.49. The Kier molecular flexibility index (Phi) is 6.52. The van der Waals surface area contributed by atoms with Crippen LogP contribution in [0.4, 0.5) is 0 Å². The molecule has 1 nitrogen and oxygen atoms in total. The lowest BCUT2D eigenvalue weighted by atomic mass is 9.88. The van der Waals surface area contributed by atoms with Gasteiger partial charge in [-0.05, 0) is 118 Å². The summed E-state index contributed by atoms with van der Waals surface area (Å²) in [5, 5.41) is 3.79. The van der Waals surface area contributed by atoms with E-state index in [-0.39, 0.29) is 0 Å². The Morgan fingerprint density at radius 3 is 1.79 bits per heavy atom. The molecule has 156 valence electrons. The molecule has 3 rings (SSSR count). The van der Waals surface area contributed by atoms with E-state index >= 15 is 0 Å². The van der Waals surface area contributed by atoms with Crippen LogP contribution in [0.25, 0.3) is 23.1 Å². The zero-order valence-corrected chi connectivity index (χ0v) is 20.7. The maximum absolute atomic E-state index is 4.49. The molecule has 0 fully saturated rings. The first-order valence-electron chi connectivity index (χ1n) is 10.8. The number of fused-ring (bicyclic) bond motifs is 1. The quantitative estimate of drug-likeness (QED) is 0.460. The predicted molar refractivity (Wildman–Crippen MR) is 132 cm³/mol. The highest BCUT2D eigenvalue weighted by molar-refractivity contribution is 5.92. The molecule has 0 aliphatic heterocycles. The molecule has 0 radical (unpaired) electrons. The van der Waals surface area contributed by atoms with Crippen LogP contribution in [0.1, 0.15) is 70.8 Å². The van der Waals surface area contributed by atoms with Crippen LogP contribution in [0.2, 0.25) is 0 Å². The van der Waals surface area contributed by atoms with E-state index in [1.807, 2.05) is 13.8 Å². The Labute approximate surface area is 177 Å². The van der Waals surface area contributed by atoms with Crippen molar-refractivity contribution in [1.82, 2.24) is 4.57 Å². The van der Waals surface area contributed by atoms with Crippen LogP contribution in [0, 0.1) is 55.4 Å². The Hall–Kier alpha value is -2.28. The zero-order valence-electron chi connectivity index (χ0n) is 20.7. The predicted octanol–water partition coefficient (Wildman–Crippen LogP) is 6.30. The second-order valence-electron chi connectivity index (χ2n) is 8.36. The monoisotopic (exact) mass is 389 g/mol. The highest BCUT2D eigenvalue weighted by Gasteiger charge is 2.18. The van der Waals surface area contributed by atoms with E-state index in [9.17, 15) is 0 Å². The molecule has 0 atom stereocenters. The van der Waals surface area contributed by atoms with Gasteiger partial charge in [0.25, 0.3) is 0 Å². The molecular formula is C28H39N. The minimum absolute atomic E-state index is 1.11. The summed E-state index contributed by atoms with van der Waals surface area (Å²) in [7, 11) is 2.16. The van der Waals surface area contributed by atoms with E-state index in [1.54, 1.807) is 0 Å². The van der Waals surface area contributed by atoms with E-state index in [1.165, 1.54) is 71.8 Å². The molecule has 0 aliphatic carbocycles. The summed E-state index contributed by atoms with van der Waals surface area (Å²) in [4.78, 5) is 0. The van der Waals surface area contributed by atoms with Crippen molar-refractivity contribution in [2.75, 3.05) is 0 Å². The Morgan fingerprint density at radius 2 is 1.24 bits per heavy atom. The smallest absolute Gasteiger partial charge is 0.0523 e. The highest BCUT2D eigenvalue weighted by Crippen LogP contribution is 2.29. The van der Waals surface area contributed by atoms with Crippen LogP contribution in [0.15, 0.2) is 6.07 Å². The molecule has 0 saturated carbocycles. The van der Waals surface area contributed by atoms with Crippen LogP contribution in [0.5, 0.6) is 0 Å². The normalized spacial score (nSPS) is 12.1. The van der Waals surface area contributed by atoms with Crippen molar-refractivity contribution in [2.45, 2.75) is 76.2 Å². The topological polar surface area (TPSA) is 4.93 Å². The van der Waals surface area contributed by atoms with Gasteiger partial charge < -0.3 is 4.57 Å². The van der Waals surface area contributed by atoms with Crippen molar-refractivity contribution in [2.24, 2.45) is 7.05 Å². The molecule has 0 N–H and O–H groups in total. The average Bonchev–Trinajstić information content (AvgIpc) is 2.95. The maximum Gasteiger partial charge on any atom is 0.0523 e. The lowest BCUT2D eigenvalue weighted by molar-refractivity contribution is 0.921. The van der Waals surface area contributed by atoms with E-state index in [0.717, 1.165) is 5.35 Å². The number of hydrogen-bond donors (Lipinski definition) is 0. The van der Waals surface area contributed by atoms with Crippen LogP contribution in [-0.4, -0.2) is 4.57 Å². The van der Waals surface area contributed by atoms with Gasteiger partial charge in [0.05, 0.1) is 5.52 Å². The van der Waals surface area contributed by atoms with Gasteiger partial charge in [0, 0.05) is 23.0 Å². The van der Waals surface area contributed by atoms with Crippen molar-refractivity contribution in [3.05, 3.63) is 66.7 Å². The van der Waals surface area contributed by atoms with Gasteiger partial charge in [-0.15, -0.1) is 0 Å². The van der Waals surface area contributed by atoms with Gasteiger partial charge in [-0.2, -0.15) is 0 Å². The minimum atomic E-state index is 1.11. The lowest BCUT2D eigenvalue weighted by Gasteiger charge is -2.16. The molecule has 0 spiro atoms. The summed E-state index contributed by atoms with van der Waals surface area (Å²) in [6, 6.07) is 2.32. The number of aromatic nitrogens is 1. The third kappa shape index (κ3) is 3.35. The van der Waals surface area contributed by atoms with Crippen molar-refractivity contribution in [3.8, 4) is 0 Å². The fourth-order valence-electron chi connectivity index (χ4n) is 4.85. The van der Waals surface area contributed by atoms with Gasteiger partial charge in [-0.3, -0.25) is 0 Å². The molecule has 0 amide bonds. The summed E-state index contributed by atoms with van der Waals surface area (Å²) in [6.45, 7) is 28.7. The Morgan fingerprint density at radius 1 is 0.724 bits per heavy atom. The molecule has 3 aromatic rings. The first-order valence-corrected chi connectivity index (χ1v) is 10.8. The summed E-state index contributed by atoms with van der Waals surface area (Å²) >= 11 is 0. The molecule has 1 aromatic heterocycles. The van der Waals surface area contributed by atoms with E-state index in [2.05, 4.69) is 86.6 Å². The molecule has 0 unspecified atom stereocenters. The third-order valence-corrected chi connectivity index (χ3v) is 7.04. The largest absolute Gasteiger partial charge is 0.344 e. The van der Waals surface area contributed by atoms with Gasteiger partial charge in [0.1, 0.15) is 0 Å². The number of rotatable bonds is 1. The zero-order chi connectivity index (χ0) is 22.4. The second kappa shape index (κ2) is 8.22. The minimum Gasteiger partial charge on any atom is -0.344 e. The molecule has 1 heterocycles. The summed E-state index contributed by atoms with van der Waals surface area (Å²) in [5.41, 5.74) is 15.1. The molecule has 0 aliphatic rings. The van der Waals surface area contributed by atoms with Crippen LogP contribution in [0.3, 0.4) is 0 Å². The van der Waals surface area contributed by atoms with Crippen LogP contribution in [-0.2, 0) is 7.05 Å². The fraction of sp³-hybridized carbons (Fsp3) is 0.429. The van der Waals surface area contributed by atoms with Gasteiger partial charge in [-0.1, -0.05) is 26.5 Å². The number of benzene rings is 2. The first kappa shape index (κ1) is 23.0. The van der Waals surface area contributed by atoms with E-state index in [4.69, 9.17) is 0 Å². The summed E-state index contributed by atoms with van der Waals surface area (Å²) in [6.07, 6.45) is 0. The molecule has 0 bridgehead atoms. The highest BCUT2D eigenvalue weighted by atomic mass is 14.9. The van der Waals surface area contributed by atoms with Crippen LogP contribution < -0.4 is 10.6 Å². The van der Waals surface area contributed by atoms with E-state index < -0.39 is 0 Å². The summed E-state index contributed by atoms with van der Waals surface area (Å²) < 4.78 is 2.29. The first-order chi connectivity index (χ1) is 13.5. The molecule has 0 saturated heterocycles. The number of nitrogens with zero attached hydrogens (tertiary/aromatic N) is 1. The Balaban J connectivity index is 0.00000145. The molecule has 29 heavy (non-hydrogen) atoms. The molecule has 2 aromatic carbocycles. The van der Waals surface area contributed by atoms with E-state index in [0.29, 0.717) is 0 Å². The molecule has 1 heteroatoms. The van der Waals surface area contributed by atoms with Gasteiger partial charge >= 0.3 is 0 Å². The van der Waals surface area contributed by atoms with Crippen molar-refractivity contribution >= 4 is 23.1 Å². The van der Waals surface area contributed by atoms with Gasteiger partial charge in [-0.25, -0.2) is 0 Å².